The summed E-state index contributed by atoms with van der Waals surface area (Å²) >= 11 is 0. The fraction of sp³-hybridized carbons (Fsp3) is 0.263. The van der Waals surface area contributed by atoms with Crippen molar-refractivity contribution in [2.24, 2.45) is 4.99 Å². The Labute approximate surface area is 156 Å². The van der Waals surface area contributed by atoms with Gasteiger partial charge in [0.1, 0.15) is 31.5 Å². The molecule has 0 fully saturated rings. The molecule has 0 atom stereocenters. The highest BCUT2D eigenvalue weighted by Gasteiger charge is 2.19. The number of aliphatic imine (C=N–C) groups is 1. The summed E-state index contributed by atoms with van der Waals surface area (Å²) in [6.07, 6.45) is 5.35. The number of allylic oxidation sites excluding steroid dienone is 2. The van der Waals surface area contributed by atoms with Crippen LogP contribution in [0.4, 0.5) is 4.39 Å². The van der Waals surface area contributed by atoms with Crippen LogP contribution in [0.5, 0.6) is 5.75 Å². The van der Waals surface area contributed by atoms with Crippen molar-refractivity contribution < 1.29 is 18.8 Å². The van der Waals surface area contributed by atoms with E-state index >= 15 is 0 Å². The molecule has 1 aromatic rings. The van der Waals surface area contributed by atoms with Gasteiger partial charge >= 0.3 is 0 Å². The van der Waals surface area contributed by atoms with Crippen molar-refractivity contribution in [2.45, 2.75) is 0 Å². The number of alkyl halides is 1. The van der Waals surface area contributed by atoms with Crippen LogP contribution in [-0.4, -0.2) is 50.1 Å². The second-order valence-corrected chi connectivity index (χ2v) is 5.82. The summed E-state index contributed by atoms with van der Waals surface area (Å²) in [5.41, 5.74) is 4.66. The van der Waals surface area contributed by atoms with Crippen molar-refractivity contribution >= 4 is 17.3 Å². The van der Waals surface area contributed by atoms with Crippen LogP contribution in [0.15, 0.2) is 53.9 Å². The van der Waals surface area contributed by atoms with Gasteiger partial charge in [-0.15, -0.1) is 0 Å². The summed E-state index contributed by atoms with van der Waals surface area (Å²) in [5, 5.41) is 2.51. The number of carbonyl (C=O) groups excluding carboxylic acids is 1. The van der Waals surface area contributed by atoms with Gasteiger partial charge in [0.2, 0.25) is 0 Å². The zero-order chi connectivity index (χ0) is 19.2. The maximum Gasteiger partial charge on any atom is 0.255 e. The van der Waals surface area contributed by atoms with E-state index in [1.54, 1.807) is 30.4 Å². The molecule has 4 bridgehead atoms. The van der Waals surface area contributed by atoms with Crippen molar-refractivity contribution in [3.05, 3.63) is 60.1 Å². The molecule has 2 aliphatic rings. The Morgan fingerprint density at radius 1 is 1.48 bits per heavy atom. The van der Waals surface area contributed by atoms with Crippen LogP contribution in [0.1, 0.15) is 15.9 Å². The van der Waals surface area contributed by atoms with Gasteiger partial charge in [-0.3, -0.25) is 9.63 Å². The number of fused-ring (bicyclic) bond motifs is 3. The Hall–Kier alpha value is -3.13. The minimum atomic E-state index is -0.633. The van der Waals surface area contributed by atoms with E-state index < -0.39 is 12.6 Å². The van der Waals surface area contributed by atoms with Crippen molar-refractivity contribution in [1.29, 1.82) is 0 Å². The molecule has 8 heteroatoms. The minimum absolute atomic E-state index is 0.0519. The van der Waals surface area contributed by atoms with Gasteiger partial charge in [-0.1, -0.05) is 18.7 Å². The molecule has 0 saturated heterocycles. The lowest BCUT2D eigenvalue weighted by atomic mass is 10.0. The fourth-order valence-corrected chi connectivity index (χ4v) is 2.70. The number of nitrogens with one attached hydrogen (secondary N) is 2. The quantitative estimate of drug-likeness (QED) is 0.846. The van der Waals surface area contributed by atoms with Crippen LogP contribution in [0.2, 0.25) is 0 Å². The molecule has 142 valence electrons. The van der Waals surface area contributed by atoms with Gasteiger partial charge < -0.3 is 15.0 Å². The zero-order valence-corrected chi connectivity index (χ0v) is 15.0. The van der Waals surface area contributed by atoms with Gasteiger partial charge in [-0.05, 0) is 23.8 Å². The first-order valence-electron chi connectivity index (χ1n) is 8.49. The number of hydrogen-bond acceptors (Lipinski definition) is 6. The summed E-state index contributed by atoms with van der Waals surface area (Å²) in [7, 11) is 1.87. The van der Waals surface area contributed by atoms with Crippen molar-refractivity contribution in [2.75, 3.05) is 33.5 Å². The molecular formula is C19H21FN4O3. The normalized spacial score (nSPS) is 19.0. The Bertz CT molecular complexity index is 832. The molecule has 2 N–H and O–H groups in total. The standard InChI is InChI=1S/C19H21FN4O3/c1-3-14-13-4-5-15(19(25)21-8-7-20)16(12-13)26-10-11-27-23-17-6-9-24(2)18(14)22-17/h3-6,9,12H,1,7-8,10-11H2,2H3,(H,21,25)(H,22,23)/b18-14+. The molecule has 2 aliphatic heterocycles. The van der Waals surface area contributed by atoms with Gasteiger partial charge in [-0.25, -0.2) is 14.9 Å². The highest BCUT2D eigenvalue weighted by molar-refractivity contribution is 5.98. The smallest absolute Gasteiger partial charge is 0.255 e. The number of amides is 1. The Morgan fingerprint density at radius 2 is 2.33 bits per heavy atom. The first-order chi connectivity index (χ1) is 13.1. The molecular weight excluding hydrogens is 351 g/mol. The predicted molar refractivity (Wildman–Crippen MR) is 101 cm³/mol. The number of hydrogen-bond donors (Lipinski definition) is 2. The van der Waals surface area contributed by atoms with E-state index in [2.05, 4.69) is 22.4 Å². The van der Waals surface area contributed by atoms with Crippen LogP contribution in [-0.2, 0) is 4.84 Å². The fourth-order valence-electron chi connectivity index (χ4n) is 2.70. The first-order valence-corrected chi connectivity index (χ1v) is 8.49. The maximum atomic E-state index is 12.4. The second-order valence-electron chi connectivity index (χ2n) is 5.82. The summed E-state index contributed by atoms with van der Waals surface area (Å²) in [6, 6.07) is 5.19. The van der Waals surface area contributed by atoms with E-state index in [1.807, 2.05) is 18.1 Å². The Balaban J connectivity index is 2.08. The third kappa shape index (κ3) is 4.17. The lowest BCUT2D eigenvalue weighted by Crippen LogP contribution is -2.29. The number of carbonyl (C=O) groups is 1. The molecule has 27 heavy (non-hydrogen) atoms. The first kappa shape index (κ1) is 18.7. The number of rotatable bonds is 4. The minimum Gasteiger partial charge on any atom is -0.490 e. The number of halogens is 1. The molecule has 0 aliphatic carbocycles. The number of ether oxygens (including phenoxy) is 1. The van der Waals surface area contributed by atoms with Crippen molar-refractivity contribution in [3.8, 4) is 5.75 Å². The van der Waals surface area contributed by atoms with Crippen LogP contribution in [0.3, 0.4) is 0 Å². The van der Waals surface area contributed by atoms with Crippen LogP contribution in [0, 0.1) is 0 Å². The van der Waals surface area contributed by atoms with E-state index in [4.69, 9.17) is 9.57 Å². The average molecular weight is 372 g/mol. The molecule has 7 nitrogen and oxygen atoms in total. The van der Waals surface area contributed by atoms with Gasteiger partial charge in [0.05, 0.1) is 5.56 Å². The van der Waals surface area contributed by atoms with E-state index in [0.29, 0.717) is 23.0 Å². The monoisotopic (exact) mass is 372 g/mol. The number of amidine groups is 1. The zero-order valence-electron chi connectivity index (χ0n) is 15.0. The lowest BCUT2D eigenvalue weighted by Gasteiger charge is -2.24. The highest BCUT2D eigenvalue weighted by Crippen LogP contribution is 2.30. The summed E-state index contributed by atoms with van der Waals surface area (Å²) in [5.74, 6) is 1.21. The number of benzene rings is 1. The molecule has 1 amide bonds. The van der Waals surface area contributed by atoms with Gasteiger partial charge in [0, 0.05) is 25.4 Å². The summed E-state index contributed by atoms with van der Waals surface area (Å²) < 4.78 is 18.1. The molecule has 0 unspecified atom stereocenters. The topological polar surface area (TPSA) is 75.2 Å². The Kier molecular flexibility index (Phi) is 5.87. The molecule has 0 aromatic heterocycles. The van der Waals surface area contributed by atoms with Gasteiger partial charge in [0.15, 0.2) is 5.84 Å². The van der Waals surface area contributed by atoms with E-state index in [0.717, 1.165) is 11.1 Å². The largest absolute Gasteiger partial charge is 0.490 e. The summed E-state index contributed by atoms with van der Waals surface area (Å²) in [6.45, 7) is 3.67. The highest BCUT2D eigenvalue weighted by atomic mass is 19.1. The number of nitrogens with zero attached hydrogens (tertiary/aromatic N) is 2. The van der Waals surface area contributed by atoms with Gasteiger partial charge in [-0.2, -0.15) is 0 Å². The van der Waals surface area contributed by atoms with E-state index in [9.17, 15) is 9.18 Å². The van der Waals surface area contributed by atoms with Crippen molar-refractivity contribution in [3.63, 3.8) is 0 Å². The van der Waals surface area contributed by atoms with E-state index in [-0.39, 0.29) is 19.8 Å². The predicted octanol–water partition coefficient (Wildman–Crippen LogP) is 2.01. The maximum absolute atomic E-state index is 12.4. The molecule has 1 aromatic carbocycles. The Morgan fingerprint density at radius 3 is 3.11 bits per heavy atom. The van der Waals surface area contributed by atoms with Crippen molar-refractivity contribution in [1.82, 2.24) is 15.7 Å². The molecule has 0 saturated carbocycles. The van der Waals surface area contributed by atoms with Crippen LogP contribution >= 0.6 is 0 Å². The van der Waals surface area contributed by atoms with Crippen LogP contribution < -0.4 is 15.5 Å². The lowest BCUT2D eigenvalue weighted by molar-refractivity contribution is 0.0592. The summed E-state index contributed by atoms with van der Waals surface area (Å²) in [4.78, 5) is 24.1. The molecule has 0 radical (unpaired) electrons. The third-order valence-electron chi connectivity index (χ3n) is 4.00. The third-order valence-corrected chi connectivity index (χ3v) is 4.00. The SMILES string of the molecule is C=C/C1=C2/N=C(C=CN2C)NOCCOc2cc1ccc2C(=O)NCCF. The van der Waals surface area contributed by atoms with E-state index in [1.165, 1.54) is 0 Å². The average Bonchev–Trinajstić information content (AvgIpc) is 2.68. The van der Waals surface area contributed by atoms with Gasteiger partial charge in [0.25, 0.3) is 5.91 Å². The molecule has 0 spiro atoms. The number of hydroxylamine groups is 1. The second kappa shape index (κ2) is 8.50. The molecule has 3 rings (SSSR count). The van der Waals surface area contributed by atoms with Crippen LogP contribution in [0.25, 0.3) is 5.57 Å². The molecule has 2 heterocycles.